The summed E-state index contributed by atoms with van der Waals surface area (Å²) in [6.45, 7) is 5.99. The van der Waals surface area contributed by atoms with Crippen LogP contribution in [0.15, 0.2) is 30.5 Å². The molecule has 0 saturated heterocycles. The number of nitrogens with one attached hydrogen (secondary N) is 1. The van der Waals surface area contributed by atoms with Crippen molar-refractivity contribution in [2.24, 2.45) is 5.73 Å². The standard InChI is InChI=1S/C10H10N2O.C2H6.CH5N/c1-7-2-3-10(13)8(6-7)9-4-5-11-12-9;2*1-2/h2-6,13H,1H3,(H,11,12);1-2H3;2H2,1H3. The van der Waals surface area contributed by atoms with Crippen molar-refractivity contribution in [3.8, 4) is 17.0 Å². The lowest BCUT2D eigenvalue weighted by atomic mass is 10.1. The Bertz CT molecular complexity index is 411. The first-order valence-corrected chi connectivity index (χ1v) is 5.64. The number of phenolic OH excluding ortho intramolecular Hbond substituents is 1. The fourth-order valence-electron chi connectivity index (χ4n) is 1.27. The average molecular weight is 235 g/mol. The van der Waals surface area contributed by atoms with Crippen LogP contribution < -0.4 is 5.73 Å². The van der Waals surface area contributed by atoms with E-state index in [4.69, 9.17) is 0 Å². The van der Waals surface area contributed by atoms with E-state index in [1.807, 2.05) is 39.0 Å². The van der Waals surface area contributed by atoms with Gasteiger partial charge in [0.25, 0.3) is 0 Å². The van der Waals surface area contributed by atoms with Crippen LogP contribution >= 0.6 is 0 Å². The van der Waals surface area contributed by atoms with Crippen molar-refractivity contribution in [1.29, 1.82) is 0 Å². The Hall–Kier alpha value is -1.81. The van der Waals surface area contributed by atoms with Crippen LogP contribution in [0.2, 0.25) is 0 Å². The van der Waals surface area contributed by atoms with Gasteiger partial charge in [-0.1, -0.05) is 25.5 Å². The Morgan fingerprint density at radius 1 is 1.18 bits per heavy atom. The van der Waals surface area contributed by atoms with Crippen LogP contribution in [0.25, 0.3) is 11.3 Å². The van der Waals surface area contributed by atoms with Crippen LogP contribution in [0.3, 0.4) is 0 Å². The second kappa shape index (κ2) is 8.35. The number of nitrogens with two attached hydrogens (primary N) is 1. The topological polar surface area (TPSA) is 74.9 Å². The van der Waals surface area contributed by atoms with Gasteiger partial charge in [0.2, 0.25) is 0 Å². The van der Waals surface area contributed by atoms with Gasteiger partial charge < -0.3 is 10.8 Å². The lowest BCUT2D eigenvalue weighted by molar-refractivity contribution is 0.477. The summed E-state index contributed by atoms with van der Waals surface area (Å²) in [6.07, 6.45) is 1.66. The molecule has 4 N–H and O–H groups in total. The molecule has 0 bridgehead atoms. The molecule has 17 heavy (non-hydrogen) atoms. The van der Waals surface area contributed by atoms with Crippen molar-refractivity contribution in [2.45, 2.75) is 20.8 Å². The van der Waals surface area contributed by atoms with E-state index in [1.165, 1.54) is 7.05 Å². The molecule has 0 radical (unpaired) electrons. The molecule has 0 unspecified atom stereocenters. The van der Waals surface area contributed by atoms with Gasteiger partial charge in [0.1, 0.15) is 5.75 Å². The maximum atomic E-state index is 9.56. The summed E-state index contributed by atoms with van der Waals surface area (Å²) in [6, 6.07) is 7.30. The number of aryl methyl sites for hydroxylation is 1. The molecule has 2 rings (SSSR count). The molecule has 0 amide bonds. The van der Waals surface area contributed by atoms with E-state index in [0.717, 1.165) is 16.8 Å². The zero-order chi connectivity index (χ0) is 13.3. The van der Waals surface area contributed by atoms with E-state index in [9.17, 15) is 5.11 Å². The number of phenols is 1. The molecule has 0 aliphatic carbocycles. The molecule has 0 aliphatic heterocycles. The zero-order valence-corrected chi connectivity index (χ0v) is 10.9. The fraction of sp³-hybridized carbons (Fsp3) is 0.308. The Kier molecular flexibility index (Phi) is 7.46. The van der Waals surface area contributed by atoms with Crippen LogP contribution in [0.5, 0.6) is 5.75 Å². The zero-order valence-electron chi connectivity index (χ0n) is 10.9. The van der Waals surface area contributed by atoms with Crippen LogP contribution in [-0.4, -0.2) is 22.4 Å². The second-order valence-electron chi connectivity index (χ2n) is 2.99. The van der Waals surface area contributed by atoms with Gasteiger partial charge in [0.05, 0.1) is 5.69 Å². The molecular weight excluding hydrogens is 214 g/mol. The molecule has 2 aromatic rings. The summed E-state index contributed by atoms with van der Waals surface area (Å²) < 4.78 is 0. The molecule has 1 aromatic carbocycles. The summed E-state index contributed by atoms with van der Waals surface area (Å²) in [7, 11) is 1.50. The van der Waals surface area contributed by atoms with Gasteiger partial charge in [-0.05, 0) is 32.2 Å². The minimum Gasteiger partial charge on any atom is -0.507 e. The van der Waals surface area contributed by atoms with E-state index in [2.05, 4.69) is 15.9 Å². The van der Waals surface area contributed by atoms with E-state index in [-0.39, 0.29) is 5.75 Å². The summed E-state index contributed by atoms with van der Waals surface area (Å²) in [5.41, 5.74) is 7.24. The van der Waals surface area contributed by atoms with Crippen LogP contribution in [-0.2, 0) is 0 Å². The summed E-state index contributed by atoms with van der Waals surface area (Å²) in [5.74, 6) is 0.273. The van der Waals surface area contributed by atoms with Crippen molar-refractivity contribution >= 4 is 0 Å². The molecule has 0 atom stereocenters. The Morgan fingerprint density at radius 3 is 2.35 bits per heavy atom. The Balaban J connectivity index is 0.000000581. The molecule has 4 nitrogen and oxygen atoms in total. The molecule has 0 saturated carbocycles. The lowest BCUT2D eigenvalue weighted by Gasteiger charge is -2.02. The number of nitrogens with zero attached hydrogens (tertiary/aromatic N) is 1. The molecule has 1 aromatic heterocycles. The van der Waals surface area contributed by atoms with Crippen molar-refractivity contribution in [3.63, 3.8) is 0 Å². The molecule has 94 valence electrons. The molecule has 4 heteroatoms. The number of H-pyrrole nitrogens is 1. The fourth-order valence-corrected chi connectivity index (χ4v) is 1.27. The molecule has 0 fully saturated rings. The maximum Gasteiger partial charge on any atom is 0.124 e. The number of aromatic hydroxyl groups is 1. The van der Waals surface area contributed by atoms with Gasteiger partial charge >= 0.3 is 0 Å². The highest BCUT2D eigenvalue weighted by Crippen LogP contribution is 2.27. The minimum atomic E-state index is 0.273. The number of benzene rings is 1. The molecule has 0 aliphatic rings. The van der Waals surface area contributed by atoms with Gasteiger partial charge in [-0.15, -0.1) is 0 Å². The van der Waals surface area contributed by atoms with Gasteiger partial charge in [0.15, 0.2) is 0 Å². The first-order chi connectivity index (χ1) is 8.27. The second-order valence-corrected chi connectivity index (χ2v) is 2.99. The number of aromatic nitrogens is 2. The SMILES string of the molecule is CC.CN.Cc1ccc(O)c(-c2ccn[nH]2)c1. The van der Waals surface area contributed by atoms with E-state index >= 15 is 0 Å². The summed E-state index contributed by atoms with van der Waals surface area (Å²) >= 11 is 0. The van der Waals surface area contributed by atoms with E-state index in [1.54, 1.807) is 12.3 Å². The first kappa shape index (κ1) is 15.2. The minimum absolute atomic E-state index is 0.273. The normalized spacial score (nSPS) is 8.53. The molecular formula is C13H21N3O. The van der Waals surface area contributed by atoms with Gasteiger partial charge in [0, 0.05) is 11.8 Å². The van der Waals surface area contributed by atoms with Crippen molar-refractivity contribution in [1.82, 2.24) is 10.2 Å². The quantitative estimate of drug-likeness (QED) is 0.711. The number of hydrogen-bond donors (Lipinski definition) is 3. The van der Waals surface area contributed by atoms with Crippen LogP contribution in [0.4, 0.5) is 0 Å². The van der Waals surface area contributed by atoms with E-state index < -0.39 is 0 Å². The molecule has 1 heterocycles. The highest BCUT2D eigenvalue weighted by atomic mass is 16.3. The smallest absolute Gasteiger partial charge is 0.124 e. The van der Waals surface area contributed by atoms with Gasteiger partial charge in [-0.25, -0.2) is 0 Å². The monoisotopic (exact) mass is 235 g/mol. The highest BCUT2D eigenvalue weighted by Gasteiger charge is 2.04. The highest BCUT2D eigenvalue weighted by molar-refractivity contribution is 5.66. The maximum absolute atomic E-state index is 9.56. The summed E-state index contributed by atoms with van der Waals surface area (Å²) in [4.78, 5) is 0. The third-order valence-corrected chi connectivity index (χ3v) is 1.94. The predicted octanol–water partition coefficient (Wildman–Crippen LogP) is 2.69. The van der Waals surface area contributed by atoms with Crippen molar-refractivity contribution < 1.29 is 5.11 Å². The van der Waals surface area contributed by atoms with Crippen LogP contribution in [0.1, 0.15) is 19.4 Å². The average Bonchev–Trinajstić information content (AvgIpc) is 2.91. The van der Waals surface area contributed by atoms with Crippen molar-refractivity contribution in [3.05, 3.63) is 36.0 Å². The third-order valence-electron chi connectivity index (χ3n) is 1.94. The largest absolute Gasteiger partial charge is 0.507 e. The summed E-state index contributed by atoms with van der Waals surface area (Å²) in [5, 5.41) is 16.2. The number of aromatic amines is 1. The Labute approximate surface area is 102 Å². The van der Waals surface area contributed by atoms with E-state index in [0.29, 0.717) is 0 Å². The van der Waals surface area contributed by atoms with Crippen LogP contribution in [0, 0.1) is 6.92 Å². The van der Waals surface area contributed by atoms with Crippen molar-refractivity contribution in [2.75, 3.05) is 7.05 Å². The Morgan fingerprint density at radius 2 is 1.82 bits per heavy atom. The number of hydrogen-bond acceptors (Lipinski definition) is 3. The molecule has 0 spiro atoms. The third kappa shape index (κ3) is 4.28. The first-order valence-electron chi connectivity index (χ1n) is 5.64. The van der Waals surface area contributed by atoms with Gasteiger partial charge in [-0.2, -0.15) is 5.10 Å². The number of rotatable bonds is 1. The predicted molar refractivity (Wildman–Crippen MR) is 71.9 cm³/mol. The lowest BCUT2D eigenvalue weighted by Crippen LogP contribution is -1.81. The van der Waals surface area contributed by atoms with Gasteiger partial charge in [-0.3, -0.25) is 5.10 Å².